The Morgan fingerprint density at radius 3 is 3.13 bits per heavy atom. The van der Waals surface area contributed by atoms with Crippen molar-refractivity contribution in [1.29, 1.82) is 0 Å². The van der Waals surface area contributed by atoms with Gasteiger partial charge in [0.2, 0.25) is 5.91 Å². The molecule has 1 N–H and O–H groups in total. The zero-order valence-electron chi connectivity index (χ0n) is 12.7. The third-order valence-corrected chi connectivity index (χ3v) is 5.47. The molecule has 3 heterocycles. The Labute approximate surface area is 142 Å². The minimum absolute atomic E-state index is 0.0462. The summed E-state index contributed by atoms with van der Waals surface area (Å²) in [4.78, 5) is 31.3. The minimum atomic E-state index is -0.226. The Morgan fingerprint density at radius 1 is 1.52 bits per heavy atom. The van der Waals surface area contributed by atoms with E-state index in [2.05, 4.69) is 10.3 Å². The molecule has 0 spiro atoms. The van der Waals surface area contributed by atoms with Crippen LogP contribution in [0, 0.1) is 0 Å². The summed E-state index contributed by atoms with van der Waals surface area (Å²) in [5.41, 5.74) is 0.404. The lowest BCUT2D eigenvalue weighted by molar-refractivity contribution is -0.128. The predicted octanol–water partition coefficient (Wildman–Crippen LogP) is 1.85. The van der Waals surface area contributed by atoms with Gasteiger partial charge in [-0.2, -0.15) is 0 Å². The van der Waals surface area contributed by atoms with Crippen molar-refractivity contribution in [3.05, 3.63) is 28.6 Å². The molecule has 1 aliphatic heterocycles. The van der Waals surface area contributed by atoms with Gasteiger partial charge >= 0.3 is 0 Å². The highest BCUT2D eigenvalue weighted by atomic mass is 32.1. The van der Waals surface area contributed by atoms with Gasteiger partial charge in [-0.05, 0) is 11.4 Å². The van der Waals surface area contributed by atoms with Crippen LogP contribution in [0.15, 0.2) is 22.9 Å². The normalized spacial score (nSPS) is 17.7. The first kappa shape index (κ1) is 16.1. The molecule has 6 nitrogen and oxygen atoms in total. The molecule has 1 fully saturated rings. The SMILES string of the molecule is COCCN1C[C@H](NC(=O)c2csc(-c3cccs3)n2)CC1=O. The van der Waals surface area contributed by atoms with E-state index >= 15 is 0 Å². The number of thiophene rings is 1. The van der Waals surface area contributed by atoms with Crippen LogP contribution in [-0.4, -0.2) is 54.5 Å². The number of thiazole rings is 1. The largest absolute Gasteiger partial charge is 0.383 e. The lowest BCUT2D eigenvalue weighted by Crippen LogP contribution is -2.37. The average molecular weight is 351 g/mol. The van der Waals surface area contributed by atoms with Crippen LogP contribution in [0.5, 0.6) is 0 Å². The number of methoxy groups -OCH3 is 1. The van der Waals surface area contributed by atoms with Gasteiger partial charge in [-0.25, -0.2) is 4.98 Å². The van der Waals surface area contributed by atoms with Crippen molar-refractivity contribution in [1.82, 2.24) is 15.2 Å². The molecule has 2 aromatic heterocycles. The van der Waals surface area contributed by atoms with E-state index in [1.54, 1.807) is 28.7 Å². The van der Waals surface area contributed by atoms with Crippen molar-refractivity contribution in [3.8, 4) is 9.88 Å². The van der Waals surface area contributed by atoms with Gasteiger partial charge in [0.25, 0.3) is 5.91 Å². The molecule has 0 aromatic carbocycles. The van der Waals surface area contributed by atoms with Crippen molar-refractivity contribution in [2.75, 3.05) is 26.8 Å². The number of carbonyl (C=O) groups is 2. The number of aromatic nitrogens is 1. The predicted molar refractivity (Wildman–Crippen MR) is 89.8 cm³/mol. The fraction of sp³-hybridized carbons (Fsp3) is 0.400. The zero-order chi connectivity index (χ0) is 16.2. The van der Waals surface area contributed by atoms with E-state index in [0.29, 0.717) is 31.8 Å². The van der Waals surface area contributed by atoms with Gasteiger partial charge in [0, 0.05) is 32.0 Å². The van der Waals surface area contributed by atoms with Crippen LogP contribution >= 0.6 is 22.7 Å². The van der Waals surface area contributed by atoms with E-state index < -0.39 is 0 Å². The van der Waals surface area contributed by atoms with Crippen molar-refractivity contribution in [2.24, 2.45) is 0 Å². The molecule has 0 radical (unpaired) electrons. The Kier molecular flexibility index (Phi) is 5.04. The fourth-order valence-electron chi connectivity index (χ4n) is 2.44. The summed E-state index contributed by atoms with van der Waals surface area (Å²) in [6.07, 6.45) is 0.331. The monoisotopic (exact) mass is 351 g/mol. The first-order valence-corrected chi connectivity index (χ1v) is 9.00. The molecule has 0 aliphatic carbocycles. The Balaban J connectivity index is 1.58. The smallest absolute Gasteiger partial charge is 0.271 e. The van der Waals surface area contributed by atoms with E-state index in [-0.39, 0.29) is 17.9 Å². The highest BCUT2D eigenvalue weighted by Gasteiger charge is 2.30. The van der Waals surface area contributed by atoms with Crippen LogP contribution in [-0.2, 0) is 9.53 Å². The van der Waals surface area contributed by atoms with E-state index in [9.17, 15) is 9.59 Å². The first-order chi connectivity index (χ1) is 11.2. The highest BCUT2D eigenvalue weighted by molar-refractivity contribution is 7.20. The van der Waals surface area contributed by atoms with Gasteiger partial charge < -0.3 is 15.0 Å². The maximum atomic E-state index is 12.3. The number of nitrogens with zero attached hydrogens (tertiary/aromatic N) is 2. The molecule has 1 saturated heterocycles. The van der Waals surface area contributed by atoms with Gasteiger partial charge in [-0.3, -0.25) is 9.59 Å². The molecule has 0 unspecified atom stereocenters. The van der Waals surface area contributed by atoms with Crippen molar-refractivity contribution >= 4 is 34.5 Å². The Morgan fingerprint density at radius 2 is 2.39 bits per heavy atom. The second kappa shape index (κ2) is 7.20. The van der Waals surface area contributed by atoms with Crippen molar-refractivity contribution in [2.45, 2.75) is 12.5 Å². The highest BCUT2D eigenvalue weighted by Crippen LogP contribution is 2.27. The van der Waals surface area contributed by atoms with E-state index in [0.717, 1.165) is 9.88 Å². The topological polar surface area (TPSA) is 71.5 Å². The van der Waals surface area contributed by atoms with E-state index in [1.165, 1.54) is 11.3 Å². The molecule has 0 bridgehead atoms. The van der Waals surface area contributed by atoms with Crippen LogP contribution in [0.2, 0.25) is 0 Å². The third kappa shape index (κ3) is 3.77. The van der Waals surface area contributed by atoms with Gasteiger partial charge in [-0.1, -0.05) is 6.07 Å². The summed E-state index contributed by atoms with van der Waals surface area (Å²) >= 11 is 3.05. The van der Waals surface area contributed by atoms with Crippen LogP contribution < -0.4 is 5.32 Å². The van der Waals surface area contributed by atoms with E-state index in [1.807, 2.05) is 17.5 Å². The summed E-state index contributed by atoms with van der Waals surface area (Å²) in [5.74, 6) is -0.180. The Bertz CT molecular complexity index is 684. The average Bonchev–Trinajstić information content (AvgIpc) is 3.26. The maximum Gasteiger partial charge on any atom is 0.271 e. The Hall–Kier alpha value is -1.77. The number of nitrogens with one attached hydrogen (secondary N) is 1. The van der Waals surface area contributed by atoms with Crippen LogP contribution in [0.4, 0.5) is 0 Å². The zero-order valence-corrected chi connectivity index (χ0v) is 14.3. The minimum Gasteiger partial charge on any atom is -0.383 e. The lowest BCUT2D eigenvalue weighted by atomic mass is 10.2. The lowest BCUT2D eigenvalue weighted by Gasteiger charge is -2.16. The van der Waals surface area contributed by atoms with Gasteiger partial charge in [0.05, 0.1) is 17.5 Å². The van der Waals surface area contributed by atoms with Crippen LogP contribution in [0.25, 0.3) is 9.88 Å². The standard InChI is InChI=1S/C15H17N3O3S2/c1-21-5-4-18-8-10(7-13(18)19)16-14(20)11-9-23-15(17-11)12-3-2-6-22-12/h2-3,6,9-10H,4-5,7-8H2,1H3,(H,16,20)/t10-/m1/s1. The fourth-order valence-corrected chi connectivity index (χ4v) is 4.05. The molecule has 8 heteroatoms. The van der Waals surface area contributed by atoms with E-state index in [4.69, 9.17) is 4.74 Å². The first-order valence-electron chi connectivity index (χ1n) is 7.24. The van der Waals surface area contributed by atoms with Crippen molar-refractivity contribution in [3.63, 3.8) is 0 Å². The number of ether oxygens (including phenoxy) is 1. The third-order valence-electron chi connectivity index (χ3n) is 3.58. The van der Waals surface area contributed by atoms with Gasteiger partial charge in [0.1, 0.15) is 10.7 Å². The number of rotatable bonds is 6. The van der Waals surface area contributed by atoms with Crippen LogP contribution in [0.1, 0.15) is 16.9 Å². The summed E-state index contributed by atoms with van der Waals surface area (Å²) in [5, 5.41) is 7.47. The second-order valence-corrected chi connectivity index (χ2v) is 7.03. The molecule has 122 valence electrons. The van der Waals surface area contributed by atoms with Gasteiger partial charge in [0.15, 0.2) is 0 Å². The second-order valence-electron chi connectivity index (χ2n) is 5.22. The number of hydrogen-bond acceptors (Lipinski definition) is 6. The number of carbonyl (C=O) groups excluding carboxylic acids is 2. The van der Waals surface area contributed by atoms with Crippen LogP contribution in [0.3, 0.4) is 0 Å². The molecule has 0 saturated carbocycles. The summed E-state index contributed by atoms with van der Waals surface area (Å²) < 4.78 is 4.99. The summed E-state index contributed by atoms with van der Waals surface area (Å²) in [6.45, 7) is 1.58. The molecule has 23 heavy (non-hydrogen) atoms. The van der Waals surface area contributed by atoms with Gasteiger partial charge in [-0.15, -0.1) is 22.7 Å². The number of likely N-dealkylation sites (tertiary alicyclic amines) is 1. The summed E-state index contributed by atoms with van der Waals surface area (Å²) in [7, 11) is 1.60. The summed E-state index contributed by atoms with van der Waals surface area (Å²) in [6, 6.07) is 3.77. The molecule has 1 aliphatic rings. The molecule has 3 rings (SSSR count). The molecule has 1 atom stereocenters. The number of amides is 2. The molecule has 2 amide bonds. The number of hydrogen-bond donors (Lipinski definition) is 1. The molecule has 2 aromatic rings. The maximum absolute atomic E-state index is 12.3. The molecular weight excluding hydrogens is 334 g/mol. The van der Waals surface area contributed by atoms with Crippen molar-refractivity contribution < 1.29 is 14.3 Å². The molecular formula is C15H17N3O3S2. The quantitative estimate of drug-likeness (QED) is 0.862.